The third-order valence-electron chi connectivity index (χ3n) is 4.37. The van der Waals surface area contributed by atoms with E-state index in [2.05, 4.69) is 5.32 Å². The van der Waals surface area contributed by atoms with Crippen molar-refractivity contribution in [1.29, 1.82) is 0 Å². The summed E-state index contributed by atoms with van der Waals surface area (Å²) in [7, 11) is 1.51. The lowest BCUT2D eigenvalue weighted by atomic mass is 10.0. The number of imide groups is 1. The van der Waals surface area contributed by atoms with E-state index in [9.17, 15) is 14.4 Å². The standard InChI is InChI=1S/C20H20N2O4/c1-12(2)17(18(23)21-15-10-6-7-11-16(15)26-3)22-19(24)13-8-4-5-9-14(13)20(22)25/h4-12,17H,1-3H3,(H,21,23)/t17-/m0/s1. The Morgan fingerprint density at radius 3 is 2.04 bits per heavy atom. The van der Waals surface area contributed by atoms with Gasteiger partial charge in [-0.05, 0) is 30.2 Å². The number of anilines is 1. The van der Waals surface area contributed by atoms with Crippen LogP contribution in [0.25, 0.3) is 0 Å². The molecule has 1 aliphatic heterocycles. The molecule has 134 valence electrons. The van der Waals surface area contributed by atoms with Crippen LogP contribution in [-0.4, -0.2) is 35.8 Å². The summed E-state index contributed by atoms with van der Waals surface area (Å²) in [6.07, 6.45) is 0. The van der Waals surface area contributed by atoms with Crippen molar-refractivity contribution in [2.75, 3.05) is 12.4 Å². The fourth-order valence-electron chi connectivity index (χ4n) is 3.13. The molecule has 0 aliphatic carbocycles. The number of rotatable bonds is 5. The molecule has 1 atom stereocenters. The molecule has 0 aromatic heterocycles. The van der Waals surface area contributed by atoms with Crippen molar-refractivity contribution < 1.29 is 19.1 Å². The third-order valence-corrected chi connectivity index (χ3v) is 4.37. The van der Waals surface area contributed by atoms with Crippen LogP contribution in [-0.2, 0) is 4.79 Å². The van der Waals surface area contributed by atoms with Gasteiger partial charge in [-0.1, -0.05) is 38.1 Å². The first-order valence-electron chi connectivity index (χ1n) is 8.36. The Hall–Kier alpha value is -3.15. The first-order chi connectivity index (χ1) is 12.5. The maximum absolute atomic E-state index is 12.9. The van der Waals surface area contributed by atoms with Crippen molar-refractivity contribution >= 4 is 23.4 Å². The van der Waals surface area contributed by atoms with E-state index >= 15 is 0 Å². The summed E-state index contributed by atoms with van der Waals surface area (Å²) in [6.45, 7) is 3.60. The number of fused-ring (bicyclic) bond motifs is 1. The maximum Gasteiger partial charge on any atom is 0.262 e. The highest BCUT2D eigenvalue weighted by molar-refractivity contribution is 6.23. The zero-order valence-electron chi connectivity index (χ0n) is 14.9. The Labute approximate surface area is 151 Å². The minimum absolute atomic E-state index is 0.257. The lowest BCUT2D eigenvalue weighted by Crippen LogP contribution is -2.50. The van der Waals surface area contributed by atoms with Gasteiger partial charge in [0.25, 0.3) is 11.8 Å². The van der Waals surface area contributed by atoms with E-state index in [4.69, 9.17) is 4.74 Å². The first-order valence-corrected chi connectivity index (χ1v) is 8.36. The van der Waals surface area contributed by atoms with E-state index in [1.54, 1.807) is 62.4 Å². The van der Waals surface area contributed by atoms with E-state index in [1.807, 2.05) is 0 Å². The Kier molecular flexibility index (Phi) is 4.75. The summed E-state index contributed by atoms with van der Waals surface area (Å²) in [5, 5.41) is 2.78. The third kappa shape index (κ3) is 2.94. The lowest BCUT2D eigenvalue weighted by molar-refractivity contribution is -0.121. The first kappa shape index (κ1) is 17.7. The maximum atomic E-state index is 12.9. The second kappa shape index (κ2) is 7.00. The second-order valence-electron chi connectivity index (χ2n) is 6.40. The summed E-state index contributed by atoms with van der Waals surface area (Å²) in [6, 6.07) is 12.7. The number of carbonyl (C=O) groups is 3. The van der Waals surface area contributed by atoms with Crippen molar-refractivity contribution in [1.82, 2.24) is 4.90 Å². The molecular weight excluding hydrogens is 332 g/mol. The summed E-state index contributed by atoms with van der Waals surface area (Å²) in [4.78, 5) is 39.5. The van der Waals surface area contributed by atoms with Crippen molar-refractivity contribution in [2.24, 2.45) is 5.92 Å². The van der Waals surface area contributed by atoms with E-state index in [0.29, 0.717) is 22.6 Å². The van der Waals surface area contributed by atoms with E-state index in [1.165, 1.54) is 7.11 Å². The molecule has 6 nitrogen and oxygen atoms in total. The van der Waals surface area contributed by atoms with Gasteiger partial charge in [0.05, 0.1) is 23.9 Å². The van der Waals surface area contributed by atoms with Gasteiger partial charge in [0.1, 0.15) is 11.8 Å². The van der Waals surface area contributed by atoms with E-state index < -0.39 is 23.8 Å². The van der Waals surface area contributed by atoms with Gasteiger partial charge in [0, 0.05) is 0 Å². The summed E-state index contributed by atoms with van der Waals surface area (Å²) in [5.74, 6) is -1.07. The average molecular weight is 352 g/mol. The molecule has 0 spiro atoms. The minimum Gasteiger partial charge on any atom is -0.495 e. The predicted octanol–water partition coefficient (Wildman–Crippen LogP) is 2.95. The van der Waals surface area contributed by atoms with Crippen LogP contribution in [0.3, 0.4) is 0 Å². The van der Waals surface area contributed by atoms with Gasteiger partial charge < -0.3 is 10.1 Å². The average Bonchev–Trinajstić information content (AvgIpc) is 2.88. The topological polar surface area (TPSA) is 75.7 Å². The van der Waals surface area contributed by atoms with E-state index in [0.717, 1.165) is 4.90 Å². The van der Waals surface area contributed by atoms with Crippen LogP contribution < -0.4 is 10.1 Å². The van der Waals surface area contributed by atoms with E-state index in [-0.39, 0.29) is 5.92 Å². The Balaban J connectivity index is 1.92. The van der Waals surface area contributed by atoms with Gasteiger partial charge in [-0.2, -0.15) is 0 Å². The van der Waals surface area contributed by atoms with Gasteiger partial charge in [0.2, 0.25) is 5.91 Å². The number of hydrogen-bond acceptors (Lipinski definition) is 4. The van der Waals surface area contributed by atoms with Gasteiger partial charge in [0.15, 0.2) is 0 Å². The monoisotopic (exact) mass is 352 g/mol. The number of nitrogens with one attached hydrogen (secondary N) is 1. The number of hydrogen-bond donors (Lipinski definition) is 1. The highest BCUT2D eigenvalue weighted by Crippen LogP contribution is 2.29. The number of ether oxygens (including phenoxy) is 1. The molecule has 1 aliphatic rings. The van der Waals surface area contributed by atoms with Crippen LogP contribution in [0.4, 0.5) is 5.69 Å². The quantitative estimate of drug-likeness (QED) is 0.840. The SMILES string of the molecule is COc1ccccc1NC(=O)[C@H](C(C)C)N1C(=O)c2ccccc2C1=O. The number of amides is 3. The van der Waals surface area contributed by atoms with Crippen LogP contribution in [0.15, 0.2) is 48.5 Å². The summed E-state index contributed by atoms with van der Waals surface area (Å²) < 4.78 is 5.24. The zero-order valence-corrected chi connectivity index (χ0v) is 14.9. The van der Waals surface area contributed by atoms with Gasteiger partial charge >= 0.3 is 0 Å². The Morgan fingerprint density at radius 1 is 0.962 bits per heavy atom. The summed E-state index contributed by atoms with van der Waals surface area (Å²) in [5.41, 5.74) is 1.14. The largest absolute Gasteiger partial charge is 0.495 e. The van der Waals surface area contributed by atoms with Crippen molar-refractivity contribution in [3.05, 3.63) is 59.7 Å². The number of para-hydroxylation sites is 2. The number of carbonyl (C=O) groups excluding carboxylic acids is 3. The molecule has 0 bridgehead atoms. The van der Waals surface area contributed by atoms with Crippen LogP contribution in [0.2, 0.25) is 0 Å². The summed E-state index contributed by atoms with van der Waals surface area (Å²) >= 11 is 0. The van der Waals surface area contributed by atoms with Gasteiger partial charge in [-0.15, -0.1) is 0 Å². The van der Waals surface area contributed by atoms with Gasteiger partial charge in [-0.3, -0.25) is 19.3 Å². The molecule has 3 rings (SSSR count). The highest BCUT2D eigenvalue weighted by atomic mass is 16.5. The molecule has 6 heteroatoms. The predicted molar refractivity (Wildman–Crippen MR) is 97.2 cm³/mol. The fraction of sp³-hybridized carbons (Fsp3) is 0.250. The smallest absolute Gasteiger partial charge is 0.262 e. The Morgan fingerprint density at radius 2 is 1.50 bits per heavy atom. The minimum atomic E-state index is -0.924. The second-order valence-corrected chi connectivity index (χ2v) is 6.40. The van der Waals surface area contributed by atoms with Gasteiger partial charge in [-0.25, -0.2) is 0 Å². The van der Waals surface area contributed by atoms with Crippen molar-refractivity contribution in [2.45, 2.75) is 19.9 Å². The fourth-order valence-corrected chi connectivity index (χ4v) is 3.13. The van der Waals surface area contributed by atoms with Crippen LogP contribution in [0.1, 0.15) is 34.6 Å². The molecule has 0 unspecified atom stereocenters. The molecule has 0 radical (unpaired) electrons. The van der Waals surface area contributed by atoms with Crippen LogP contribution >= 0.6 is 0 Å². The molecule has 0 saturated heterocycles. The molecule has 1 N–H and O–H groups in total. The normalized spacial score (nSPS) is 14.4. The molecule has 2 aromatic carbocycles. The molecule has 2 aromatic rings. The molecule has 26 heavy (non-hydrogen) atoms. The lowest BCUT2D eigenvalue weighted by Gasteiger charge is -2.28. The Bertz CT molecular complexity index is 841. The zero-order chi connectivity index (χ0) is 18.8. The molecular formula is C20H20N2O4. The molecule has 0 fully saturated rings. The number of methoxy groups -OCH3 is 1. The number of nitrogens with zero attached hydrogens (tertiary/aromatic N) is 1. The van der Waals surface area contributed by atoms with Crippen LogP contribution in [0.5, 0.6) is 5.75 Å². The van der Waals surface area contributed by atoms with Crippen LogP contribution in [0, 0.1) is 5.92 Å². The van der Waals surface area contributed by atoms with Crippen molar-refractivity contribution in [3.8, 4) is 5.75 Å². The van der Waals surface area contributed by atoms with Crippen molar-refractivity contribution in [3.63, 3.8) is 0 Å². The molecule has 0 saturated carbocycles. The molecule has 1 heterocycles. The highest BCUT2D eigenvalue weighted by Gasteiger charge is 2.43. The molecule has 3 amide bonds. The number of benzene rings is 2.